The summed E-state index contributed by atoms with van der Waals surface area (Å²) in [5, 5.41) is 15.6. The van der Waals surface area contributed by atoms with Gasteiger partial charge in [-0.05, 0) is 37.8 Å². The maximum Gasteiger partial charge on any atom is 0.163 e. The first kappa shape index (κ1) is 13.2. The number of aromatic nitrogens is 2. The number of hydrogen-bond donors (Lipinski definition) is 1. The lowest BCUT2D eigenvalue weighted by molar-refractivity contribution is 0.0700. The predicted octanol–water partition coefficient (Wildman–Crippen LogP) is 2.40. The SMILES string of the molecule is CCn1ncc(OC)c1C1(O)CCc2ccc(C)cc21. The Bertz CT molecular complexity index is 626. The Balaban J connectivity index is 2.21. The molecule has 106 valence electrons. The first-order valence-electron chi connectivity index (χ1n) is 7.02. The van der Waals surface area contributed by atoms with Gasteiger partial charge >= 0.3 is 0 Å². The third-order valence-corrected chi connectivity index (χ3v) is 4.18. The summed E-state index contributed by atoms with van der Waals surface area (Å²) in [4.78, 5) is 0. The lowest BCUT2D eigenvalue weighted by Crippen LogP contribution is -2.28. The summed E-state index contributed by atoms with van der Waals surface area (Å²) in [6, 6.07) is 6.29. The number of hydrogen-bond acceptors (Lipinski definition) is 3. The van der Waals surface area contributed by atoms with Crippen LogP contribution < -0.4 is 4.74 Å². The molecule has 2 aromatic rings. The molecule has 1 heterocycles. The molecule has 4 nitrogen and oxygen atoms in total. The van der Waals surface area contributed by atoms with E-state index in [4.69, 9.17) is 4.74 Å². The first-order chi connectivity index (χ1) is 9.60. The molecule has 0 fully saturated rings. The van der Waals surface area contributed by atoms with Crippen LogP contribution in [0.3, 0.4) is 0 Å². The largest absolute Gasteiger partial charge is 0.493 e. The molecule has 1 atom stereocenters. The molecule has 0 saturated carbocycles. The van der Waals surface area contributed by atoms with Gasteiger partial charge in [-0.3, -0.25) is 4.68 Å². The first-order valence-corrected chi connectivity index (χ1v) is 7.02. The molecule has 0 radical (unpaired) electrons. The minimum Gasteiger partial charge on any atom is -0.493 e. The summed E-state index contributed by atoms with van der Waals surface area (Å²) in [5.74, 6) is 0.656. The molecular formula is C16H20N2O2. The van der Waals surface area contributed by atoms with Crippen LogP contribution in [0.15, 0.2) is 24.4 Å². The molecule has 1 unspecified atom stereocenters. The van der Waals surface area contributed by atoms with Crippen LogP contribution in [0.2, 0.25) is 0 Å². The second-order valence-electron chi connectivity index (χ2n) is 5.40. The Morgan fingerprint density at radius 3 is 2.95 bits per heavy atom. The van der Waals surface area contributed by atoms with E-state index in [9.17, 15) is 5.11 Å². The minimum absolute atomic E-state index is 0.656. The average molecular weight is 272 g/mol. The topological polar surface area (TPSA) is 47.3 Å². The van der Waals surface area contributed by atoms with Crippen molar-refractivity contribution in [2.75, 3.05) is 7.11 Å². The van der Waals surface area contributed by atoms with E-state index >= 15 is 0 Å². The van der Waals surface area contributed by atoms with E-state index in [1.54, 1.807) is 13.3 Å². The molecule has 1 aromatic heterocycles. The Hall–Kier alpha value is -1.81. The van der Waals surface area contributed by atoms with Crippen molar-refractivity contribution in [3.05, 3.63) is 46.8 Å². The maximum absolute atomic E-state index is 11.3. The summed E-state index contributed by atoms with van der Waals surface area (Å²) in [5.41, 5.74) is 3.13. The Kier molecular flexibility index (Phi) is 3.05. The number of methoxy groups -OCH3 is 1. The predicted molar refractivity (Wildman–Crippen MR) is 77.0 cm³/mol. The van der Waals surface area contributed by atoms with Gasteiger partial charge in [0.25, 0.3) is 0 Å². The third-order valence-electron chi connectivity index (χ3n) is 4.18. The van der Waals surface area contributed by atoms with Crippen LogP contribution in [0.4, 0.5) is 0 Å². The maximum atomic E-state index is 11.3. The van der Waals surface area contributed by atoms with E-state index in [0.29, 0.717) is 18.7 Å². The number of ether oxygens (including phenoxy) is 1. The molecule has 4 heteroatoms. The normalized spacial score (nSPS) is 21.0. The molecule has 0 aliphatic heterocycles. The van der Waals surface area contributed by atoms with E-state index in [0.717, 1.165) is 23.2 Å². The monoisotopic (exact) mass is 272 g/mol. The highest BCUT2D eigenvalue weighted by Gasteiger charge is 2.43. The van der Waals surface area contributed by atoms with Crippen molar-refractivity contribution in [3.8, 4) is 5.75 Å². The number of aryl methyl sites for hydroxylation is 3. The molecule has 0 spiro atoms. The highest BCUT2D eigenvalue weighted by atomic mass is 16.5. The molecule has 0 bridgehead atoms. The van der Waals surface area contributed by atoms with Crippen molar-refractivity contribution >= 4 is 0 Å². The van der Waals surface area contributed by atoms with Gasteiger partial charge in [0, 0.05) is 6.54 Å². The van der Waals surface area contributed by atoms with E-state index in [-0.39, 0.29) is 0 Å². The van der Waals surface area contributed by atoms with Crippen LogP contribution in [0, 0.1) is 6.92 Å². The van der Waals surface area contributed by atoms with Crippen LogP contribution >= 0.6 is 0 Å². The zero-order chi connectivity index (χ0) is 14.3. The van der Waals surface area contributed by atoms with Crippen molar-refractivity contribution in [1.29, 1.82) is 0 Å². The van der Waals surface area contributed by atoms with Gasteiger partial charge in [0.05, 0.1) is 13.3 Å². The quantitative estimate of drug-likeness (QED) is 0.933. The van der Waals surface area contributed by atoms with Crippen LogP contribution in [0.5, 0.6) is 5.75 Å². The second kappa shape index (κ2) is 4.63. The average Bonchev–Trinajstić information content (AvgIpc) is 3.01. The van der Waals surface area contributed by atoms with Crippen LogP contribution in [0.25, 0.3) is 0 Å². The van der Waals surface area contributed by atoms with Gasteiger partial charge in [0.2, 0.25) is 0 Å². The second-order valence-corrected chi connectivity index (χ2v) is 5.40. The molecule has 3 rings (SSSR count). The number of rotatable bonds is 3. The van der Waals surface area contributed by atoms with Crippen molar-refractivity contribution in [2.24, 2.45) is 0 Å². The molecular weight excluding hydrogens is 252 g/mol. The number of fused-ring (bicyclic) bond motifs is 1. The fraction of sp³-hybridized carbons (Fsp3) is 0.438. The van der Waals surface area contributed by atoms with Gasteiger partial charge < -0.3 is 9.84 Å². The summed E-state index contributed by atoms with van der Waals surface area (Å²) in [6.07, 6.45) is 3.24. The summed E-state index contributed by atoms with van der Waals surface area (Å²) in [7, 11) is 1.62. The minimum atomic E-state index is -1.00. The van der Waals surface area contributed by atoms with Crippen LogP contribution in [-0.2, 0) is 18.6 Å². The van der Waals surface area contributed by atoms with Gasteiger partial charge in [-0.25, -0.2) is 0 Å². The Morgan fingerprint density at radius 2 is 2.25 bits per heavy atom. The fourth-order valence-corrected chi connectivity index (χ4v) is 3.16. The number of nitrogens with zero attached hydrogens (tertiary/aromatic N) is 2. The summed E-state index contributed by atoms with van der Waals surface area (Å²) in [6.45, 7) is 4.78. The third kappa shape index (κ3) is 1.75. The van der Waals surface area contributed by atoms with Gasteiger partial charge in [0.15, 0.2) is 5.75 Å². The van der Waals surface area contributed by atoms with Gasteiger partial charge in [0.1, 0.15) is 11.3 Å². The van der Waals surface area contributed by atoms with Crippen molar-refractivity contribution in [1.82, 2.24) is 9.78 Å². The van der Waals surface area contributed by atoms with Gasteiger partial charge in [-0.1, -0.05) is 23.8 Å². The molecule has 0 saturated heterocycles. The van der Waals surface area contributed by atoms with Crippen molar-refractivity contribution in [3.63, 3.8) is 0 Å². The highest BCUT2D eigenvalue weighted by Crippen LogP contribution is 2.45. The zero-order valence-corrected chi connectivity index (χ0v) is 12.2. The van der Waals surface area contributed by atoms with E-state index in [1.807, 2.05) is 18.5 Å². The molecule has 20 heavy (non-hydrogen) atoms. The van der Waals surface area contributed by atoms with Crippen molar-refractivity contribution < 1.29 is 9.84 Å². The van der Waals surface area contributed by atoms with E-state index in [2.05, 4.69) is 23.3 Å². The Labute approximate surface area is 119 Å². The molecule has 1 aliphatic carbocycles. The van der Waals surface area contributed by atoms with E-state index in [1.165, 1.54) is 5.56 Å². The Morgan fingerprint density at radius 1 is 1.45 bits per heavy atom. The lowest BCUT2D eigenvalue weighted by atomic mass is 9.90. The molecule has 0 amide bonds. The van der Waals surface area contributed by atoms with Gasteiger partial charge in [-0.15, -0.1) is 0 Å². The standard InChI is InChI=1S/C16H20N2O2/c1-4-18-15(14(20-3)10-17-18)16(19)8-7-12-6-5-11(2)9-13(12)16/h5-6,9-10,19H,4,7-8H2,1-3H3. The smallest absolute Gasteiger partial charge is 0.163 e. The zero-order valence-electron chi connectivity index (χ0n) is 12.2. The molecule has 1 aliphatic rings. The lowest BCUT2D eigenvalue weighted by Gasteiger charge is -2.26. The van der Waals surface area contributed by atoms with Crippen LogP contribution in [-0.4, -0.2) is 22.0 Å². The van der Waals surface area contributed by atoms with Crippen molar-refractivity contribution in [2.45, 2.75) is 38.8 Å². The van der Waals surface area contributed by atoms with Gasteiger partial charge in [-0.2, -0.15) is 5.10 Å². The summed E-state index contributed by atoms with van der Waals surface area (Å²) >= 11 is 0. The number of aliphatic hydroxyl groups is 1. The summed E-state index contributed by atoms with van der Waals surface area (Å²) < 4.78 is 7.24. The van der Waals surface area contributed by atoms with Crippen LogP contribution in [0.1, 0.15) is 35.7 Å². The highest BCUT2D eigenvalue weighted by molar-refractivity contribution is 5.48. The molecule has 1 aromatic carbocycles. The number of benzene rings is 1. The fourth-order valence-electron chi connectivity index (χ4n) is 3.16. The molecule has 1 N–H and O–H groups in total. The van der Waals surface area contributed by atoms with E-state index < -0.39 is 5.60 Å².